The summed E-state index contributed by atoms with van der Waals surface area (Å²) < 4.78 is 26.5. The second kappa shape index (κ2) is 5.91. The Hall–Kier alpha value is -1.17. The predicted octanol–water partition coefficient (Wildman–Crippen LogP) is 3.35. The maximum Gasteiger partial charge on any atom is 0.525 e. The summed E-state index contributed by atoms with van der Waals surface area (Å²) in [7, 11) is -0.975. The van der Waals surface area contributed by atoms with Crippen LogP contribution in [0.2, 0.25) is 0 Å². The normalized spacial score (nSPS) is 21.3. The standard InChI is InChI=1S/C16H23BFNO2/c1-15(2)16(3,4)21-17(20-15)14(18)13(10-11-19)12-8-6-5-7-9-12/h5-9H,10-11,19H2,1-4H3. The summed E-state index contributed by atoms with van der Waals surface area (Å²) in [5.74, 6) is 0. The molecule has 0 bridgehead atoms. The van der Waals surface area contributed by atoms with E-state index in [0.717, 1.165) is 5.56 Å². The third kappa shape index (κ3) is 3.20. The van der Waals surface area contributed by atoms with E-state index in [2.05, 4.69) is 0 Å². The number of benzene rings is 1. The van der Waals surface area contributed by atoms with Crippen LogP contribution in [-0.4, -0.2) is 24.9 Å². The highest BCUT2D eigenvalue weighted by Gasteiger charge is 2.53. The minimum atomic E-state index is -0.975. The molecule has 0 radical (unpaired) electrons. The van der Waals surface area contributed by atoms with Gasteiger partial charge in [-0.1, -0.05) is 30.3 Å². The van der Waals surface area contributed by atoms with E-state index in [1.54, 1.807) is 0 Å². The Balaban J connectivity index is 2.36. The van der Waals surface area contributed by atoms with Crippen molar-refractivity contribution in [2.24, 2.45) is 5.73 Å². The minimum Gasteiger partial charge on any atom is -0.398 e. The SMILES string of the molecule is CC1(C)OB(C(F)=C(CCN)c2ccccc2)OC1(C)C. The fourth-order valence-electron chi connectivity index (χ4n) is 2.27. The Morgan fingerprint density at radius 1 is 1.10 bits per heavy atom. The van der Waals surface area contributed by atoms with E-state index >= 15 is 0 Å². The quantitative estimate of drug-likeness (QED) is 0.865. The highest BCUT2D eigenvalue weighted by atomic mass is 19.1. The number of nitrogens with two attached hydrogens (primary N) is 1. The molecular formula is C16H23BFNO2. The fourth-order valence-corrected chi connectivity index (χ4v) is 2.27. The van der Waals surface area contributed by atoms with Gasteiger partial charge in [0.15, 0.2) is 0 Å². The fraction of sp³-hybridized carbons (Fsp3) is 0.500. The molecule has 1 aromatic rings. The van der Waals surface area contributed by atoms with E-state index < -0.39 is 18.3 Å². The third-order valence-electron chi connectivity index (χ3n) is 4.27. The molecule has 5 heteroatoms. The van der Waals surface area contributed by atoms with Crippen LogP contribution in [0, 0.1) is 0 Å². The van der Waals surface area contributed by atoms with Gasteiger partial charge in [-0.25, -0.2) is 4.39 Å². The Morgan fingerprint density at radius 2 is 1.62 bits per heavy atom. The summed E-state index contributed by atoms with van der Waals surface area (Å²) in [6, 6.07) is 9.40. The van der Waals surface area contributed by atoms with Gasteiger partial charge in [-0.05, 0) is 51.8 Å². The van der Waals surface area contributed by atoms with E-state index in [0.29, 0.717) is 18.5 Å². The Bertz CT molecular complexity index is 512. The maximum atomic E-state index is 14.9. The first-order valence-corrected chi connectivity index (χ1v) is 7.28. The van der Waals surface area contributed by atoms with Crippen LogP contribution in [0.4, 0.5) is 4.39 Å². The van der Waals surface area contributed by atoms with Crippen molar-refractivity contribution in [2.75, 3.05) is 6.54 Å². The summed E-state index contributed by atoms with van der Waals surface area (Å²) in [5, 5.41) is 0. The van der Waals surface area contributed by atoms with Crippen molar-refractivity contribution in [2.45, 2.75) is 45.3 Å². The van der Waals surface area contributed by atoms with Gasteiger partial charge < -0.3 is 15.0 Å². The van der Waals surface area contributed by atoms with Gasteiger partial charge in [-0.3, -0.25) is 0 Å². The molecule has 0 amide bonds. The Morgan fingerprint density at radius 3 is 2.10 bits per heavy atom. The molecule has 0 aliphatic carbocycles. The number of hydrogen-bond donors (Lipinski definition) is 1. The van der Waals surface area contributed by atoms with Crippen LogP contribution >= 0.6 is 0 Å². The van der Waals surface area contributed by atoms with Crippen molar-refractivity contribution in [3.8, 4) is 0 Å². The summed E-state index contributed by atoms with van der Waals surface area (Å²) in [6.45, 7) is 8.00. The minimum absolute atomic E-state index is 0.372. The molecule has 3 nitrogen and oxygen atoms in total. The van der Waals surface area contributed by atoms with Crippen molar-refractivity contribution < 1.29 is 13.7 Å². The molecule has 1 aliphatic rings. The first-order valence-electron chi connectivity index (χ1n) is 7.28. The van der Waals surface area contributed by atoms with Crippen LogP contribution < -0.4 is 5.73 Å². The van der Waals surface area contributed by atoms with Gasteiger partial charge >= 0.3 is 7.12 Å². The topological polar surface area (TPSA) is 44.5 Å². The second-order valence-corrected chi connectivity index (χ2v) is 6.32. The van der Waals surface area contributed by atoms with Gasteiger partial charge in [-0.15, -0.1) is 0 Å². The molecule has 0 saturated carbocycles. The lowest BCUT2D eigenvalue weighted by Gasteiger charge is -2.32. The molecule has 2 N–H and O–H groups in total. The van der Waals surface area contributed by atoms with Crippen LogP contribution in [-0.2, 0) is 9.31 Å². The molecule has 1 fully saturated rings. The Kier molecular flexibility index (Phi) is 4.56. The van der Waals surface area contributed by atoms with Crippen molar-refractivity contribution in [3.63, 3.8) is 0 Å². The first kappa shape index (κ1) is 16.2. The van der Waals surface area contributed by atoms with Gasteiger partial charge in [0.25, 0.3) is 0 Å². The molecular weight excluding hydrogens is 268 g/mol. The summed E-state index contributed by atoms with van der Waals surface area (Å²) in [6.07, 6.45) is 0.444. The van der Waals surface area contributed by atoms with Gasteiger partial charge in [0, 0.05) is 0 Å². The van der Waals surface area contributed by atoms with Crippen molar-refractivity contribution in [1.29, 1.82) is 0 Å². The van der Waals surface area contributed by atoms with E-state index in [1.165, 1.54) is 0 Å². The highest BCUT2D eigenvalue weighted by Crippen LogP contribution is 2.40. The first-order chi connectivity index (χ1) is 9.78. The van der Waals surface area contributed by atoms with Gasteiger partial charge in [0.2, 0.25) is 0 Å². The number of hydrogen-bond acceptors (Lipinski definition) is 3. The highest BCUT2D eigenvalue weighted by molar-refractivity contribution is 6.55. The molecule has 0 aromatic heterocycles. The van der Waals surface area contributed by atoms with E-state index in [9.17, 15) is 4.39 Å². The zero-order valence-electron chi connectivity index (χ0n) is 13.2. The lowest BCUT2D eigenvalue weighted by molar-refractivity contribution is 0.00578. The van der Waals surface area contributed by atoms with Crippen LogP contribution in [0.25, 0.3) is 5.57 Å². The van der Waals surface area contributed by atoms with E-state index in [1.807, 2.05) is 58.0 Å². The molecule has 2 rings (SSSR count). The molecule has 0 unspecified atom stereocenters. The number of rotatable bonds is 4. The molecule has 1 saturated heterocycles. The summed E-state index contributed by atoms with van der Waals surface area (Å²) in [4.78, 5) is 0. The molecule has 0 atom stereocenters. The lowest BCUT2D eigenvalue weighted by Crippen LogP contribution is -2.41. The van der Waals surface area contributed by atoms with Crippen molar-refractivity contribution >= 4 is 12.7 Å². The van der Waals surface area contributed by atoms with Crippen LogP contribution in [0.1, 0.15) is 39.7 Å². The number of halogens is 1. The van der Waals surface area contributed by atoms with Crippen LogP contribution in [0.15, 0.2) is 36.1 Å². The monoisotopic (exact) mass is 291 g/mol. The summed E-state index contributed by atoms with van der Waals surface area (Å²) >= 11 is 0. The largest absolute Gasteiger partial charge is 0.525 e. The van der Waals surface area contributed by atoms with E-state index in [4.69, 9.17) is 15.0 Å². The molecule has 1 aromatic carbocycles. The Labute approximate surface area is 126 Å². The van der Waals surface area contributed by atoms with Gasteiger partial charge in [0.1, 0.15) is 5.73 Å². The van der Waals surface area contributed by atoms with Crippen LogP contribution in [0.3, 0.4) is 0 Å². The molecule has 21 heavy (non-hydrogen) atoms. The van der Waals surface area contributed by atoms with Crippen LogP contribution in [0.5, 0.6) is 0 Å². The molecule has 114 valence electrons. The molecule has 0 spiro atoms. The average Bonchev–Trinajstić information content (AvgIpc) is 2.65. The van der Waals surface area contributed by atoms with Gasteiger partial charge in [-0.2, -0.15) is 0 Å². The lowest BCUT2D eigenvalue weighted by atomic mass is 9.82. The molecule has 1 heterocycles. The van der Waals surface area contributed by atoms with Crippen molar-refractivity contribution in [3.05, 3.63) is 41.6 Å². The second-order valence-electron chi connectivity index (χ2n) is 6.32. The zero-order chi connectivity index (χ0) is 15.7. The van der Waals surface area contributed by atoms with Crippen molar-refractivity contribution in [1.82, 2.24) is 0 Å². The summed E-state index contributed by atoms with van der Waals surface area (Å²) in [5.41, 5.74) is 5.50. The zero-order valence-corrected chi connectivity index (χ0v) is 13.2. The van der Waals surface area contributed by atoms with Gasteiger partial charge in [0.05, 0.1) is 11.2 Å². The maximum absolute atomic E-state index is 14.9. The smallest absolute Gasteiger partial charge is 0.398 e. The molecule has 1 aliphatic heterocycles. The predicted molar refractivity (Wildman–Crippen MR) is 84.2 cm³/mol. The third-order valence-corrected chi connectivity index (χ3v) is 4.27. The average molecular weight is 291 g/mol. The van der Waals surface area contributed by atoms with E-state index in [-0.39, 0.29) is 5.73 Å².